The van der Waals surface area contributed by atoms with Crippen molar-refractivity contribution in [2.24, 2.45) is 5.92 Å². The molecule has 0 spiro atoms. The Morgan fingerprint density at radius 2 is 1.81 bits per heavy atom. The zero-order valence-electron chi connectivity index (χ0n) is 22.4. The fourth-order valence-corrected chi connectivity index (χ4v) is 6.08. The highest BCUT2D eigenvalue weighted by molar-refractivity contribution is 7.98. The summed E-state index contributed by atoms with van der Waals surface area (Å²) in [4.78, 5) is 27.8. The van der Waals surface area contributed by atoms with E-state index in [0.717, 1.165) is 35.7 Å². The Morgan fingerprint density at radius 1 is 1.05 bits per heavy atom. The number of carbonyl (C=O) groups excluding carboxylic acids is 1. The molecule has 1 unspecified atom stereocenters. The zero-order valence-corrected chi connectivity index (χ0v) is 23.2. The number of benzene rings is 2. The van der Waals surface area contributed by atoms with Crippen molar-refractivity contribution in [3.8, 4) is 11.1 Å². The Morgan fingerprint density at radius 3 is 2.49 bits per heavy atom. The van der Waals surface area contributed by atoms with Gasteiger partial charge in [0.1, 0.15) is 6.04 Å². The van der Waals surface area contributed by atoms with Crippen LogP contribution in [0.4, 0.5) is 0 Å². The van der Waals surface area contributed by atoms with Gasteiger partial charge in [-0.1, -0.05) is 62.4 Å². The molecule has 2 N–H and O–H groups in total. The quantitative estimate of drug-likeness (QED) is 0.313. The van der Waals surface area contributed by atoms with Crippen molar-refractivity contribution in [1.29, 1.82) is 0 Å². The van der Waals surface area contributed by atoms with E-state index in [1.807, 2.05) is 24.5 Å². The van der Waals surface area contributed by atoms with E-state index in [4.69, 9.17) is 0 Å². The van der Waals surface area contributed by atoms with Crippen LogP contribution in [-0.2, 0) is 11.3 Å². The molecule has 1 amide bonds. The third-order valence-electron chi connectivity index (χ3n) is 7.98. The van der Waals surface area contributed by atoms with Crippen LogP contribution in [0.1, 0.15) is 79.3 Å². The molecule has 2 aromatic rings. The predicted octanol–water partition coefficient (Wildman–Crippen LogP) is 6.53. The molecule has 0 bridgehead atoms. The zero-order chi connectivity index (χ0) is 26.2. The average molecular weight is 523 g/mol. The molecule has 4 rings (SSSR count). The first kappa shape index (κ1) is 27.7. The summed E-state index contributed by atoms with van der Waals surface area (Å²) in [6, 6.07) is 14.0. The van der Waals surface area contributed by atoms with Crippen LogP contribution in [-0.4, -0.2) is 52.5 Å². The van der Waals surface area contributed by atoms with Crippen molar-refractivity contribution >= 4 is 23.6 Å². The van der Waals surface area contributed by atoms with E-state index in [9.17, 15) is 14.7 Å². The second-order valence-corrected chi connectivity index (χ2v) is 11.8. The van der Waals surface area contributed by atoms with Crippen molar-refractivity contribution in [2.45, 2.75) is 83.3 Å². The van der Waals surface area contributed by atoms with Gasteiger partial charge in [-0.05, 0) is 91.5 Å². The second kappa shape index (κ2) is 13.5. The van der Waals surface area contributed by atoms with E-state index >= 15 is 0 Å². The molecule has 2 saturated carbocycles. The molecular weight excluding hydrogens is 480 g/mol. The minimum atomic E-state index is -0.991. The van der Waals surface area contributed by atoms with Crippen molar-refractivity contribution in [3.05, 3.63) is 59.2 Å². The summed E-state index contributed by atoms with van der Waals surface area (Å²) in [5.74, 6) is 0.236. The molecular formula is C31H42N2O3S. The van der Waals surface area contributed by atoms with E-state index < -0.39 is 12.0 Å². The number of aryl methyl sites for hydroxylation is 1. The molecule has 1 atom stereocenters. The van der Waals surface area contributed by atoms with Crippen LogP contribution in [0.25, 0.3) is 11.1 Å². The van der Waals surface area contributed by atoms with E-state index in [2.05, 4.69) is 41.4 Å². The maximum Gasteiger partial charge on any atom is 0.326 e. The highest BCUT2D eigenvalue weighted by atomic mass is 32.2. The van der Waals surface area contributed by atoms with Crippen molar-refractivity contribution in [3.63, 3.8) is 0 Å². The summed E-state index contributed by atoms with van der Waals surface area (Å²) < 4.78 is 0. The summed E-state index contributed by atoms with van der Waals surface area (Å²) in [5.41, 5.74) is 4.74. The van der Waals surface area contributed by atoms with E-state index in [1.54, 1.807) is 11.8 Å². The SMILES string of the molecule is CSCCC(NC(=O)c1ccc(CN(CCC2CCCCC2)C2CC2)cc1-c1ccccc1C)C(=O)O. The van der Waals surface area contributed by atoms with Crippen LogP contribution < -0.4 is 5.32 Å². The number of aliphatic carboxylic acids is 1. The van der Waals surface area contributed by atoms with Gasteiger partial charge in [-0.3, -0.25) is 9.69 Å². The maximum absolute atomic E-state index is 13.4. The summed E-state index contributed by atoms with van der Waals surface area (Å²) >= 11 is 1.58. The molecule has 6 heteroatoms. The molecule has 0 radical (unpaired) electrons. The maximum atomic E-state index is 13.4. The van der Waals surface area contributed by atoms with E-state index in [1.165, 1.54) is 56.9 Å². The number of hydrogen-bond acceptors (Lipinski definition) is 4. The second-order valence-electron chi connectivity index (χ2n) is 10.8. The monoisotopic (exact) mass is 522 g/mol. The van der Waals surface area contributed by atoms with E-state index in [0.29, 0.717) is 23.8 Å². The highest BCUT2D eigenvalue weighted by Gasteiger charge is 2.30. The number of nitrogens with one attached hydrogen (secondary N) is 1. The Bertz CT molecular complexity index is 1060. The molecule has 0 aromatic heterocycles. The van der Waals surface area contributed by atoms with Crippen molar-refractivity contribution in [2.75, 3.05) is 18.6 Å². The van der Waals surface area contributed by atoms with Gasteiger partial charge in [0.2, 0.25) is 0 Å². The summed E-state index contributed by atoms with van der Waals surface area (Å²) in [5, 5.41) is 12.4. The first-order chi connectivity index (χ1) is 18.0. The van der Waals surface area contributed by atoms with Gasteiger partial charge >= 0.3 is 5.97 Å². The minimum absolute atomic E-state index is 0.324. The number of carbonyl (C=O) groups is 2. The number of rotatable bonds is 13. The molecule has 5 nitrogen and oxygen atoms in total. The lowest BCUT2D eigenvalue weighted by Gasteiger charge is -2.27. The molecule has 2 fully saturated rings. The van der Waals surface area contributed by atoms with Crippen LogP contribution in [0, 0.1) is 12.8 Å². The van der Waals surface area contributed by atoms with E-state index in [-0.39, 0.29) is 5.91 Å². The van der Waals surface area contributed by atoms with Crippen LogP contribution in [0.15, 0.2) is 42.5 Å². The predicted molar refractivity (Wildman–Crippen MR) is 153 cm³/mol. The molecule has 200 valence electrons. The average Bonchev–Trinajstić information content (AvgIpc) is 3.75. The van der Waals surface area contributed by atoms with Gasteiger partial charge in [-0.2, -0.15) is 11.8 Å². The van der Waals surface area contributed by atoms with Gasteiger partial charge in [0.25, 0.3) is 5.91 Å². The normalized spacial score (nSPS) is 17.1. The van der Waals surface area contributed by atoms with Crippen LogP contribution in [0.3, 0.4) is 0 Å². The number of carboxylic acids is 1. The molecule has 2 aromatic carbocycles. The first-order valence-corrected chi connectivity index (χ1v) is 15.3. The highest BCUT2D eigenvalue weighted by Crippen LogP contribution is 2.33. The van der Waals surface area contributed by atoms with Crippen molar-refractivity contribution < 1.29 is 14.7 Å². The lowest BCUT2D eigenvalue weighted by Crippen LogP contribution is -2.41. The number of amides is 1. The Balaban J connectivity index is 1.56. The number of thioether (sulfide) groups is 1. The molecule has 0 heterocycles. The molecule has 0 saturated heterocycles. The topological polar surface area (TPSA) is 69.6 Å². The summed E-state index contributed by atoms with van der Waals surface area (Å²) in [6.07, 6.45) is 13.1. The number of hydrogen-bond donors (Lipinski definition) is 2. The number of nitrogens with zero attached hydrogens (tertiary/aromatic N) is 1. The summed E-state index contributed by atoms with van der Waals surface area (Å²) in [6.45, 7) is 4.10. The Labute approximate surface area is 226 Å². The standard InChI is InChI=1S/C31H42N2O3S/c1-22-8-6-7-11-26(22)28-20-24(12-15-27(28)30(34)32-29(31(35)36)17-19-37-2)21-33(25-13-14-25)18-16-23-9-4-3-5-10-23/h6-8,11-12,15,20,23,25,29H,3-5,9-10,13-14,16-19,21H2,1-2H3,(H,32,34)(H,35,36). The first-order valence-electron chi connectivity index (χ1n) is 13.9. The third-order valence-corrected chi connectivity index (χ3v) is 8.62. The smallest absolute Gasteiger partial charge is 0.326 e. The van der Waals surface area contributed by atoms with Gasteiger partial charge in [0, 0.05) is 18.2 Å². The minimum Gasteiger partial charge on any atom is -0.480 e. The summed E-state index contributed by atoms with van der Waals surface area (Å²) in [7, 11) is 0. The largest absolute Gasteiger partial charge is 0.480 e. The molecule has 2 aliphatic carbocycles. The molecule has 37 heavy (non-hydrogen) atoms. The van der Waals surface area contributed by atoms with Gasteiger partial charge in [-0.15, -0.1) is 0 Å². The lowest BCUT2D eigenvalue weighted by atomic mass is 9.87. The van der Waals surface area contributed by atoms with Gasteiger partial charge in [0.05, 0.1) is 0 Å². The van der Waals surface area contributed by atoms with Gasteiger partial charge in [0.15, 0.2) is 0 Å². The fourth-order valence-electron chi connectivity index (χ4n) is 5.60. The van der Waals surface area contributed by atoms with Crippen LogP contribution in [0.2, 0.25) is 0 Å². The molecule has 2 aliphatic rings. The van der Waals surface area contributed by atoms with Crippen molar-refractivity contribution in [1.82, 2.24) is 10.2 Å². The molecule has 0 aliphatic heterocycles. The van der Waals surface area contributed by atoms with Crippen LogP contribution in [0.5, 0.6) is 0 Å². The lowest BCUT2D eigenvalue weighted by molar-refractivity contribution is -0.139. The fraction of sp³-hybridized carbons (Fsp3) is 0.548. The van der Waals surface area contributed by atoms with Crippen LogP contribution >= 0.6 is 11.8 Å². The van der Waals surface area contributed by atoms with Gasteiger partial charge in [-0.25, -0.2) is 4.79 Å². The number of carboxylic acid groups (broad SMARTS) is 1. The van der Waals surface area contributed by atoms with Gasteiger partial charge < -0.3 is 10.4 Å². The third kappa shape index (κ3) is 7.84. The Hall–Kier alpha value is -2.31. The Kier molecular flexibility index (Phi) is 10.1.